The van der Waals surface area contributed by atoms with Gasteiger partial charge in [-0.1, -0.05) is 121 Å². The van der Waals surface area contributed by atoms with Crippen molar-refractivity contribution < 1.29 is 40.1 Å². The Morgan fingerprint density at radius 3 is 1.26 bits per heavy atom. The molecule has 0 aliphatic heterocycles. The number of hydrogen-bond donors (Lipinski definition) is 0. The van der Waals surface area contributed by atoms with Crippen LogP contribution < -0.4 is 0 Å². The first-order valence-corrected chi connectivity index (χ1v) is 12.7. The molecule has 0 radical (unpaired) electrons. The van der Waals surface area contributed by atoms with E-state index >= 15 is 0 Å². The molecule has 43 heavy (non-hydrogen) atoms. The van der Waals surface area contributed by atoms with E-state index in [1.54, 1.807) is 0 Å². The molecule has 0 saturated carbocycles. The minimum atomic E-state index is -1.06. The van der Waals surface area contributed by atoms with Gasteiger partial charge in [-0.05, 0) is 102 Å². The second kappa shape index (κ2) is 9.44. The lowest BCUT2D eigenvalue weighted by Crippen LogP contribution is -1.86. The summed E-state index contributed by atoms with van der Waals surface area (Å²) in [5.74, 6) is 0. The molecule has 9 aromatic rings. The van der Waals surface area contributed by atoms with Crippen molar-refractivity contribution in [3.8, 4) is 33.4 Å². The van der Waals surface area contributed by atoms with Gasteiger partial charge in [-0.2, -0.15) is 0 Å². The predicted octanol–water partition coefficient (Wildman–Crippen LogP) is 12.0. The monoisotopic (exact) mass is 572 g/mol. The lowest BCUT2D eigenvalue weighted by molar-refractivity contribution is 0.669. The molecule has 0 aliphatic carbocycles. The van der Waals surface area contributed by atoms with Gasteiger partial charge in [-0.25, -0.2) is 0 Å². The van der Waals surface area contributed by atoms with Crippen LogP contribution in [-0.2, 0) is 0 Å². The van der Waals surface area contributed by atoms with Crippen molar-refractivity contribution in [3.63, 3.8) is 0 Å². The third kappa shape index (κ3) is 3.86. The average Bonchev–Trinajstić information content (AvgIpc) is 3.73. The van der Waals surface area contributed by atoms with Gasteiger partial charge in [0.1, 0.15) is 11.2 Å². The molecule has 200 valence electrons. The van der Waals surface area contributed by atoms with Crippen LogP contribution >= 0.6 is 0 Å². The third-order valence-electron chi connectivity index (χ3n) is 6.82. The fraction of sp³-hybridized carbons (Fsp3) is 0. The van der Waals surface area contributed by atoms with Crippen LogP contribution in [0.3, 0.4) is 0 Å². The van der Waals surface area contributed by atoms with E-state index in [1.807, 2.05) is 0 Å². The fourth-order valence-corrected chi connectivity index (χ4v) is 4.89. The lowest BCUT2D eigenvalue weighted by Gasteiger charge is -2.13. The van der Waals surface area contributed by atoms with E-state index < -0.39 is 234 Å². The maximum Gasteiger partial charge on any atom is 0.136 e. The summed E-state index contributed by atoms with van der Waals surface area (Å²) in [6, 6.07) is -22.7. The van der Waals surface area contributed by atoms with E-state index in [2.05, 4.69) is 0 Å². The van der Waals surface area contributed by atoms with Crippen molar-refractivity contribution >= 4 is 54.3 Å². The maximum atomic E-state index is 9.63. The summed E-state index contributed by atoms with van der Waals surface area (Å²) in [5, 5.41) is -3.78. The molecule has 0 atom stereocenters. The first-order valence-electron chi connectivity index (χ1n) is 25.7. The molecule has 0 spiro atoms. The molecule has 1 heteroatoms. The average molecular weight is 573 g/mol. The van der Waals surface area contributed by atoms with E-state index in [0.717, 1.165) is 0 Å². The minimum Gasteiger partial charge on any atom is -0.456 e. The van der Waals surface area contributed by atoms with Crippen molar-refractivity contribution in [2.24, 2.45) is 0 Å². The van der Waals surface area contributed by atoms with Gasteiger partial charge in [-0.3, -0.25) is 0 Å². The van der Waals surface area contributed by atoms with Crippen LogP contribution in [0.15, 0.2) is 162 Å². The summed E-state index contributed by atoms with van der Waals surface area (Å²) >= 11 is 0. The second-order valence-electron chi connectivity index (χ2n) is 9.26. The van der Waals surface area contributed by atoms with E-state index in [4.69, 9.17) is 33.2 Å². The molecule has 0 saturated heterocycles. The highest BCUT2D eigenvalue weighted by molar-refractivity contribution is 6.25. The van der Waals surface area contributed by atoms with Crippen LogP contribution in [0.1, 0.15) is 35.6 Å². The Hall–Kier alpha value is -5.66. The van der Waals surface area contributed by atoms with Gasteiger partial charge < -0.3 is 4.42 Å². The minimum absolute atomic E-state index is 0.336. The summed E-state index contributed by atoms with van der Waals surface area (Å²) in [6.45, 7) is 0. The number of rotatable bonds is 3. The zero-order chi connectivity index (χ0) is 51.0. The molecule has 0 aliphatic rings. The summed E-state index contributed by atoms with van der Waals surface area (Å²) in [7, 11) is 0. The van der Waals surface area contributed by atoms with E-state index in [-0.39, 0.29) is 10.8 Å². The first-order chi connectivity index (χ1) is 32.2. The Bertz CT molecular complexity index is 3920. The zero-order valence-corrected chi connectivity index (χ0v) is 21.4. The van der Waals surface area contributed by atoms with Crippen molar-refractivity contribution in [2.45, 2.75) is 0 Å². The second-order valence-corrected chi connectivity index (χ2v) is 9.26. The number of para-hydroxylation sites is 1. The van der Waals surface area contributed by atoms with Gasteiger partial charge in [0, 0.05) is 10.8 Å². The predicted molar refractivity (Wildman–Crippen MR) is 183 cm³/mol. The highest BCUT2D eigenvalue weighted by atomic mass is 16.3. The molecule has 0 amide bonds. The van der Waals surface area contributed by atoms with Gasteiger partial charge in [0.05, 0.1) is 35.6 Å². The molecule has 9 rings (SSSR count). The molecule has 0 unspecified atom stereocenters. The molecular formula is C42H26O. The molecule has 0 bridgehead atoms. The Morgan fingerprint density at radius 1 is 0.279 bits per heavy atom. The molecule has 1 aromatic heterocycles. The van der Waals surface area contributed by atoms with Crippen LogP contribution in [-0.4, -0.2) is 0 Å². The Kier molecular flexibility index (Phi) is 2.13. The van der Waals surface area contributed by atoms with Crippen molar-refractivity contribution in [3.05, 3.63) is 157 Å². The maximum absolute atomic E-state index is 9.63. The van der Waals surface area contributed by atoms with Crippen LogP contribution in [0.5, 0.6) is 0 Å². The Morgan fingerprint density at radius 2 is 0.674 bits per heavy atom. The van der Waals surface area contributed by atoms with Crippen molar-refractivity contribution in [1.82, 2.24) is 0 Å². The molecule has 0 fully saturated rings. The summed E-state index contributed by atoms with van der Waals surface area (Å²) in [6.07, 6.45) is 0. The van der Waals surface area contributed by atoms with Crippen LogP contribution in [0.4, 0.5) is 0 Å². The van der Waals surface area contributed by atoms with Crippen molar-refractivity contribution in [2.75, 3.05) is 0 Å². The van der Waals surface area contributed by atoms with E-state index in [0.29, 0.717) is 0 Å². The van der Waals surface area contributed by atoms with Crippen molar-refractivity contribution in [1.29, 1.82) is 0 Å². The Labute approximate surface area is 285 Å². The Balaban J connectivity index is 1.43. The number of fused-ring (bicyclic) bond motifs is 9. The molecule has 8 aromatic carbocycles. The zero-order valence-electron chi connectivity index (χ0n) is 47.4. The molecular weight excluding hydrogens is 520 g/mol. The fourth-order valence-electron chi connectivity index (χ4n) is 4.89. The molecule has 1 nitrogen and oxygen atoms in total. The van der Waals surface area contributed by atoms with Gasteiger partial charge in [-0.15, -0.1) is 0 Å². The van der Waals surface area contributed by atoms with Crippen LogP contribution in [0, 0.1) is 0 Å². The smallest absolute Gasteiger partial charge is 0.136 e. The first kappa shape index (κ1) is 9.69. The van der Waals surface area contributed by atoms with Gasteiger partial charge >= 0.3 is 0 Å². The lowest BCUT2D eigenvalue weighted by atomic mass is 9.91. The van der Waals surface area contributed by atoms with E-state index in [9.17, 15) is 6.85 Å². The van der Waals surface area contributed by atoms with Crippen LogP contribution in [0.25, 0.3) is 87.6 Å². The van der Waals surface area contributed by atoms with Crippen LogP contribution in [0.2, 0.25) is 0 Å². The SMILES string of the molecule is [2H]c1c([2H])c(-c2c([2H])c([2H])c([2H])c(-c3c([2H])c([2H])c4c5c([2H])c([2H])c([2H])c([2H])c5c5c([2H])c([2H])c([2H])c([2H])c5c4c3[2H])c2[2H])c([2H])c(-c2c([2H])c([2H])c3c(oc4c([2H])c([2H])c([2H])c([2H])c43)c2[2H])c1[2H]. The standard InChI is InChI=1S/C42H26O/c1-2-15-35-33(13-1)34-14-3-4-16-36(34)40-25-31(19-21-37(35)40)29-11-7-9-27(23-29)28-10-8-12-30(24-28)32-20-22-39-38-17-5-6-18-41(38)43-42(39)26-32/h1-26H/i1D,2D,3D,4D,5D,6D,7D,8D,9D,10D,11D,12D,13D,14D,15D,16D,17D,18D,19D,20D,21D,22D,23D,24D,25D,26D. The quantitative estimate of drug-likeness (QED) is 0.192. The summed E-state index contributed by atoms with van der Waals surface area (Å²) in [4.78, 5) is 0. The summed E-state index contributed by atoms with van der Waals surface area (Å²) < 4.78 is 236. The highest BCUT2D eigenvalue weighted by Crippen LogP contribution is 2.38. The van der Waals surface area contributed by atoms with Gasteiger partial charge in [0.25, 0.3) is 0 Å². The molecule has 1 heterocycles. The third-order valence-corrected chi connectivity index (χ3v) is 6.82. The number of furan rings is 1. The van der Waals surface area contributed by atoms with E-state index in [1.165, 1.54) is 0 Å². The van der Waals surface area contributed by atoms with Gasteiger partial charge in [0.15, 0.2) is 0 Å². The number of benzene rings is 8. The topological polar surface area (TPSA) is 13.1 Å². The normalized spacial score (nSPS) is 20.2. The molecule has 0 N–H and O–H groups in total. The largest absolute Gasteiger partial charge is 0.456 e. The highest BCUT2D eigenvalue weighted by Gasteiger charge is 2.11. The summed E-state index contributed by atoms with van der Waals surface area (Å²) in [5.41, 5.74) is -5.99. The van der Waals surface area contributed by atoms with Gasteiger partial charge in [0.2, 0.25) is 0 Å². The number of hydrogen-bond acceptors (Lipinski definition) is 1.